The number of esters is 1. The average Bonchev–Trinajstić information content (AvgIpc) is 2.45. The average molecular weight is 396 g/mol. The molecule has 0 saturated carbocycles. The molecule has 27 heavy (non-hydrogen) atoms. The largest absolute Gasteiger partial charge is 0.467 e. The number of halogens is 2. The van der Waals surface area contributed by atoms with E-state index in [0.29, 0.717) is 0 Å². The van der Waals surface area contributed by atoms with Crippen LogP contribution in [0.2, 0.25) is 0 Å². The van der Waals surface area contributed by atoms with Crippen molar-refractivity contribution in [3.8, 4) is 0 Å². The molecule has 0 aromatic carbocycles. The Hall–Kier alpha value is -2.13. The standard InChI is InChI=1S/C17H30F2N2O6/c1-15(2,3)26-13(23)20-10-8-9-17(11(18)19,12(22)25-7)21-14(24)27-16(4,5)6/h11H,8-10H2,1-7H3,(H,20,23)(H,21,24). The molecule has 0 rings (SSSR count). The number of carbonyl (C=O) groups is 3. The van der Waals surface area contributed by atoms with Crippen LogP contribution < -0.4 is 10.6 Å². The van der Waals surface area contributed by atoms with Crippen molar-refractivity contribution in [3.63, 3.8) is 0 Å². The van der Waals surface area contributed by atoms with Gasteiger partial charge in [-0.05, 0) is 54.4 Å². The van der Waals surface area contributed by atoms with Crippen LogP contribution in [-0.2, 0) is 19.0 Å². The number of hydrogen-bond acceptors (Lipinski definition) is 6. The van der Waals surface area contributed by atoms with Crippen molar-refractivity contribution in [1.82, 2.24) is 10.6 Å². The highest BCUT2D eigenvalue weighted by atomic mass is 19.3. The zero-order chi connectivity index (χ0) is 21.5. The molecule has 1 unspecified atom stereocenters. The van der Waals surface area contributed by atoms with Crippen LogP contribution in [0.4, 0.5) is 18.4 Å². The second-order valence-electron chi connectivity index (χ2n) is 7.92. The van der Waals surface area contributed by atoms with Crippen molar-refractivity contribution < 1.29 is 37.4 Å². The summed E-state index contributed by atoms with van der Waals surface area (Å²) in [4.78, 5) is 35.5. The van der Waals surface area contributed by atoms with Crippen molar-refractivity contribution in [2.75, 3.05) is 13.7 Å². The summed E-state index contributed by atoms with van der Waals surface area (Å²) in [5, 5.41) is 4.33. The van der Waals surface area contributed by atoms with Crippen LogP contribution in [-0.4, -0.2) is 55.0 Å². The van der Waals surface area contributed by atoms with E-state index in [2.05, 4.69) is 10.1 Å². The monoisotopic (exact) mass is 396 g/mol. The summed E-state index contributed by atoms with van der Waals surface area (Å²) in [5.41, 5.74) is -4.24. The first kappa shape index (κ1) is 24.9. The van der Waals surface area contributed by atoms with E-state index in [1.165, 1.54) is 0 Å². The lowest BCUT2D eigenvalue weighted by atomic mass is 9.93. The molecule has 1 atom stereocenters. The van der Waals surface area contributed by atoms with E-state index in [1.807, 2.05) is 5.32 Å². The summed E-state index contributed by atoms with van der Waals surface area (Å²) in [7, 11) is 0.940. The number of ether oxygens (including phenoxy) is 3. The lowest BCUT2D eigenvalue weighted by molar-refractivity contribution is -0.156. The predicted molar refractivity (Wildman–Crippen MR) is 93.6 cm³/mol. The van der Waals surface area contributed by atoms with Crippen molar-refractivity contribution >= 4 is 18.2 Å². The van der Waals surface area contributed by atoms with Crippen molar-refractivity contribution in [3.05, 3.63) is 0 Å². The topological polar surface area (TPSA) is 103 Å². The van der Waals surface area contributed by atoms with Gasteiger partial charge in [0.1, 0.15) is 11.2 Å². The second kappa shape index (κ2) is 9.70. The van der Waals surface area contributed by atoms with Gasteiger partial charge in [-0.25, -0.2) is 23.2 Å². The van der Waals surface area contributed by atoms with E-state index in [0.717, 1.165) is 7.11 Å². The number of alkyl halides is 2. The third-order valence-electron chi connectivity index (χ3n) is 3.06. The zero-order valence-electron chi connectivity index (χ0n) is 16.9. The van der Waals surface area contributed by atoms with Crippen LogP contribution in [0.25, 0.3) is 0 Å². The highest BCUT2D eigenvalue weighted by molar-refractivity contribution is 5.86. The summed E-state index contributed by atoms with van der Waals surface area (Å²) in [6.07, 6.45) is -5.67. The summed E-state index contributed by atoms with van der Waals surface area (Å²) in [6, 6.07) is 0. The fraction of sp³-hybridized carbons (Fsp3) is 0.824. The van der Waals surface area contributed by atoms with Crippen LogP contribution in [0.15, 0.2) is 0 Å². The molecule has 0 spiro atoms. The maximum atomic E-state index is 13.7. The van der Waals surface area contributed by atoms with E-state index in [1.54, 1.807) is 41.5 Å². The highest BCUT2D eigenvalue weighted by Crippen LogP contribution is 2.25. The molecule has 158 valence electrons. The normalized spacial score (nSPS) is 14.1. The molecule has 8 nitrogen and oxygen atoms in total. The zero-order valence-corrected chi connectivity index (χ0v) is 16.9. The van der Waals surface area contributed by atoms with Crippen LogP contribution in [0.1, 0.15) is 54.4 Å². The minimum atomic E-state index is -3.25. The van der Waals surface area contributed by atoms with Gasteiger partial charge in [0.05, 0.1) is 7.11 Å². The van der Waals surface area contributed by atoms with Crippen molar-refractivity contribution in [2.24, 2.45) is 0 Å². The number of methoxy groups -OCH3 is 1. The molecule has 0 aliphatic carbocycles. The maximum absolute atomic E-state index is 13.7. The minimum absolute atomic E-state index is 0.0453. The first-order chi connectivity index (χ1) is 12.1. The van der Waals surface area contributed by atoms with Crippen molar-refractivity contribution in [2.45, 2.75) is 77.6 Å². The number of amides is 2. The number of carbonyl (C=O) groups excluding carboxylic acids is 3. The Balaban J connectivity index is 5.04. The Morgan fingerprint density at radius 1 is 0.926 bits per heavy atom. The molecule has 0 fully saturated rings. The molecular weight excluding hydrogens is 366 g/mol. The third kappa shape index (κ3) is 9.39. The Kier molecular flexibility index (Phi) is 8.94. The molecular formula is C17H30F2N2O6. The van der Waals surface area contributed by atoms with Gasteiger partial charge in [-0.3, -0.25) is 0 Å². The Bertz CT molecular complexity index is 528. The second-order valence-corrected chi connectivity index (χ2v) is 7.92. The van der Waals surface area contributed by atoms with Gasteiger partial charge in [0.15, 0.2) is 0 Å². The van der Waals surface area contributed by atoms with E-state index >= 15 is 0 Å². The molecule has 0 aromatic rings. The molecule has 2 amide bonds. The number of rotatable bonds is 7. The van der Waals surface area contributed by atoms with E-state index < -0.39 is 47.7 Å². The third-order valence-corrected chi connectivity index (χ3v) is 3.06. The summed E-state index contributed by atoms with van der Waals surface area (Å²) in [6.45, 7) is 9.65. The van der Waals surface area contributed by atoms with Crippen LogP contribution in [0.3, 0.4) is 0 Å². The van der Waals surface area contributed by atoms with Gasteiger partial charge in [-0.15, -0.1) is 0 Å². The van der Waals surface area contributed by atoms with Gasteiger partial charge in [0.25, 0.3) is 6.43 Å². The first-order valence-electron chi connectivity index (χ1n) is 8.47. The van der Waals surface area contributed by atoms with Gasteiger partial charge < -0.3 is 24.8 Å². The summed E-state index contributed by atoms with van der Waals surface area (Å²) >= 11 is 0. The quantitative estimate of drug-likeness (QED) is 0.390. The van der Waals surface area contributed by atoms with E-state index in [-0.39, 0.29) is 13.0 Å². The SMILES string of the molecule is COC(=O)C(CCCNC(=O)OC(C)(C)C)(NC(=O)OC(C)(C)C)C(F)F. The van der Waals surface area contributed by atoms with Gasteiger partial charge in [0.2, 0.25) is 5.54 Å². The number of hydrogen-bond donors (Lipinski definition) is 2. The Labute approximate surface area is 158 Å². The first-order valence-corrected chi connectivity index (χ1v) is 8.47. The van der Waals surface area contributed by atoms with Crippen LogP contribution in [0.5, 0.6) is 0 Å². The van der Waals surface area contributed by atoms with Gasteiger partial charge in [0, 0.05) is 6.54 Å². The molecule has 0 aromatic heterocycles. The molecule has 0 bridgehead atoms. The number of alkyl carbamates (subject to hydrolysis) is 2. The van der Waals surface area contributed by atoms with Crippen LogP contribution >= 0.6 is 0 Å². The van der Waals surface area contributed by atoms with Gasteiger partial charge in [-0.2, -0.15) is 0 Å². The number of nitrogens with one attached hydrogen (secondary N) is 2. The van der Waals surface area contributed by atoms with Gasteiger partial charge in [-0.1, -0.05) is 0 Å². The lowest BCUT2D eigenvalue weighted by Gasteiger charge is -2.32. The highest BCUT2D eigenvalue weighted by Gasteiger charge is 2.50. The molecule has 10 heteroatoms. The minimum Gasteiger partial charge on any atom is -0.467 e. The molecule has 0 radical (unpaired) electrons. The van der Waals surface area contributed by atoms with E-state index in [9.17, 15) is 23.2 Å². The molecule has 0 aliphatic rings. The molecule has 2 N–H and O–H groups in total. The summed E-state index contributed by atoms with van der Waals surface area (Å²) in [5.74, 6) is -1.30. The predicted octanol–water partition coefficient (Wildman–Crippen LogP) is 2.99. The molecule has 0 heterocycles. The van der Waals surface area contributed by atoms with Gasteiger partial charge >= 0.3 is 18.2 Å². The fourth-order valence-electron chi connectivity index (χ4n) is 2.01. The van der Waals surface area contributed by atoms with Crippen LogP contribution in [0, 0.1) is 0 Å². The lowest BCUT2D eigenvalue weighted by Crippen LogP contribution is -2.61. The smallest absolute Gasteiger partial charge is 0.408 e. The maximum Gasteiger partial charge on any atom is 0.408 e. The Morgan fingerprint density at radius 2 is 1.41 bits per heavy atom. The summed E-state index contributed by atoms with van der Waals surface area (Å²) < 4.78 is 41.9. The molecule has 0 aliphatic heterocycles. The Morgan fingerprint density at radius 3 is 1.81 bits per heavy atom. The molecule has 0 saturated heterocycles. The van der Waals surface area contributed by atoms with Crippen molar-refractivity contribution in [1.29, 1.82) is 0 Å². The van der Waals surface area contributed by atoms with E-state index in [4.69, 9.17) is 9.47 Å². The fourth-order valence-corrected chi connectivity index (χ4v) is 2.01.